The van der Waals surface area contributed by atoms with Crippen molar-refractivity contribution in [2.24, 2.45) is 5.92 Å². The van der Waals surface area contributed by atoms with E-state index in [2.05, 4.69) is 22.1 Å². The van der Waals surface area contributed by atoms with Gasteiger partial charge in [-0.15, -0.1) is 10.5 Å². The lowest BCUT2D eigenvalue weighted by Crippen LogP contribution is -2.48. The summed E-state index contributed by atoms with van der Waals surface area (Å²) in [4.78, 5) is 12.5. The van der Waals surface area contributed by atoms with E-state index >= 15 is 0 Å². The molecule has 2 unspecified atom stereocenters. The van der Waals surface area contributed by atoms with Crippen LogP contribution in [0, 0.1) is 24.1 Å². The van der Waals surface area contributed by atoms with Crippen LogP contribution in [-0.4, -0.2) is 20.4 Å². The number of para-hydroxylation sites is 1. The molecule has 3 rings (SSSR count). The normalized spacial score (nSPS) is 27.0. The first kappa shape index (κ1) is 15.8. The van der Waals surface area contributed by atoms with Crippen molar-refractivity contribution in [1.29, 1.82) is 0 Å². The molecule has 0 N–H and O–H groups in total. The van der Waals surface area contributed by atoms with Gasteiger partial charge in [-0.2, -0.15) is 0 Å². The monoisotopic (exact) mass is 384 g/mol. The topological polar surface area (TPSA) is 32.8 Å². The maximum Gasteiger partial charge on any atom is 0.305 e. The van der Waals surface area contributed by atoms with Crippen LogP contribution in [-0.2, 0) is 4.74 Å². The molecule has 1 saturated heterocycles. The van der Waals surface area contributed by atoms with Crippen LogP contribution in [0.5, 0.6) is 0 Å². The van der Waals surface area contributed by atoms with Crippen LogP contribution >= 0.6 is 27.9 Å². The highest BCUT2D eigenvalue weighted by Crippen LogP contribution is 2.57. The number of anilines is 1. The zero-order valence-electron chi connectivity index (χ0n) is 11.8. The third-order valence-electron chi connectivity index (χ3n) is 3.59. The third kappa shape index (κ3) is 2.54. The number of ether oxygens (including phenoxy) is 1. The maximum atomic E-state index is 14.1. The summed E-state index contributed by atoms with van der Waals surface area (Å²) in [5.74, 6) is 2.20. The number of carbonyl (C=O) groups excluding carboxylic acids is 1. The summed E-state index contributed by atoms with van der Waals surface area (Å²) in [7, 11) is 0. The molecule has 1 aliphatic carbocycles. The molecule has 0 aromatic heterocycles. The van der Waals surface area contributed by atoms with Crippen molar-refractivity contribution < 1.29 is 13.9 Å². The van der Waals surface area contributed by atoms with Crippen LogP contribution in [0.4, 0.5) is 14.9 Å². The van der Waals surface area contributed by atoms with Gasteiger partial charge in [0, 0.05) is 22.1 Å². The predicted molar refractivity (Wildman–Crippen MR) is 87.5 cm³/mol. The van der Waals surface area contributed by atoms with E-state index in [4.69, 9.17) is 11.2 Å². The largest absolute Gasteiger partial charge is 0.332 e. The highest BCUT2D eigenvalue weighted by atomic mass is 79.9. The first-order chi connectivity index (χ1) is 10.5. The highest BCUT2D eigenvalue weighted by molar-refractivity contribution is 9.07. The fourth-order valence-electron chi connectivity index (χ4n) is 2.37. The Hall–Kier alpha value is -1.07. The summed E-state index contributed by atoms with van der Waals surface area (Å²) in [5.41, 5.74) is 0.177. The molecule has 0 bridgehead atoms. The van der Waals surface area contributed by atoms with Gasteiger partial charge in [-0.05, 0) is 43.7 Å². The number of amides is 1. The highest BCUT2D eigenvalue weighted by Gasteiger charge is 2.61. The molecule has 1 amide bonds. The number of thioether (sulfide) groups is 1. The number of terminal acetylenes is 1. The quantitative estimate of drug-likeness (QED) is 0.577. The van der Waals surface area contributed by atoms with Crippen molar-refractivity contribution in [3.63, 3.8) is 0 Å². The Morgan fingerprint density at radius 3 is 2.82 bits per heavy atom. The third-order valence-corrected chi connectivity index (χ3v) is 5.91. The molecule has 2 aliphatic rings. The molecule has 1 aromatic carbocycles. The molecule has 1 aliphatic heterocycles. The molecule has 2 atom stereocenters. The Kier molecular flexibility index (Phi) is 4.21. The lowest BCUT2D eigenvalue weighted by molar-refractivity contribution is -0.0698. The zero-order chi connectivity index (χ0) is 15.9. The van der Waals surface area contributed by atoms with Gasteiger partial charge in [-0.1, -0.05) is 18.1 Å². The van der Waals surface area contributed by atoms with Gasteiger partial charge in [0.1, 0.15) is 11.9 Å². The van der Waals surface area contributed by atoms with Gasteiger partial charge >= 0.3 is 5.24 Å². The lowest BCUT2D eigenvalue weighted by atomic mass is 10.3. The summed E-state index contributed by atoms with van der Waals surface area (Å²) in [6, 6.07) is 6.13. The fourth-order valence-corrected chi connectivity index (χ4v) is 4.65. The molecular formula is C15H14BrFN2O2S. The average Bonchev–Trinajstić information content (AvgIpc) is 3.30. The molecule has 0 radical (unpaired) electrons. The van der Waals surface area contributed by atoms with Crippen molar-refractivity contribution >= 4 is 38.8 Å². The van der Waals surface area contributed by atoms with Crippen LogP contribution < -0.4 is 5.01 Å². The van der Waals surface area contributed by atoms with E-state index in [0.29, 0.717) is 0 Å². The summed E-state index contributed by atoms with van der Waals surface area (Å²) in [6.07, 6.45) is 6.82. The Bertz CT molecular complexity index is 649. The van der Waals surface area contributed by atoms with E-state index < -0.39 is 17.0 Å². The van der Waals surface area contributed by atoms with Gasteiger partial charge in [-0.25, -0.2) is 9.40 Å². The summed E-state index contributed by atoms with van der Waals surface area (Å²) in [6.45, 7) is 1.75. The second-order valence-corrected chi connectivity index (χ2v) is 7.03. The van der Waals surface area contributed by atoms with Gasteiger partial charge in [0.05, 0.1) is 5.69 Å². The van der Waals surface area contributed by atoms with E-state index in [1.54, 1.807) is 25.1 Å². The summed E-state index contributed by atoms with van der Waals surface area (Å²) < 4.78 is 21.5. The van der Waals surface area contributed by atoms with Gasteiger partial charge in [0.15, 0.2) is 0 Å². The maximum absolute atomic E-state index is 14.1. The second-order valence-electron chi connectivity index (χ2n) is 5.22. The van der Waals surface area contributed by atoms with E-state index in [0.717, 1.165) is 24.6 Å². The first-order valence-electron chi connectivity index (χ1n) is 6.87. The number of hydrogen-bond donors (Lipinski definition) is 0. The number of hydrogen-bond acceptors (Lipinski definition) is 4. The minimum Gasteiger partial charge on any atom is -0.332 e. The fraction of sp³-hybridized carbons (Fsp3) is 0.400. The van der Waals surface area contributed by atoms with Crippen LogP contribution in [0.3, 0.4) is 0 Å². The molecule has 22 heavy (non-hydrogen) atoms. The van der Waals surface area contributed by atoms with Crippen LogP contribution in [0.25, 0.3) is 0 Å². The number of halogens is 2. The number of benzene rings is 1. The average molecular weight is 385 g/mol. The molecule has 116 valence electrons. The predicted octanol–water partition coefficient (Wildman–Crippen LogP) is 4.13. The molecule has 7 heteroatoms. The molecule has 1 aromatic rings. The van der Waals surface area contributed by atoms with Gasteiger partial charge in [0.25, 0.3) is 0 Å². The molecule has 4 nitrogen and oxygen atoms in total. The van der Waals surface area contributed by atoms with Crippen molar-refractivity contribution in [2.45, 2.75) is 30.9 Å². The minimum atomic E-state index is -0.939. The van der Waals surface area contributed by atoms with E-state index in [1.807, 2.05) is 0 Å². The van der Waals surface area contributed by atoms with Crippen LogP contribution in [0.1, 0.15) is 19.8 Å². The SMILES string of the molecule is C#CC(C)OC1(C2CC2)SC(=O)N(c2ccccc2F)N1Br. The Morgan fingerprint density at radius 2 is 2.23 bits per heavy atom. The van der Waals surface area contributed by atoms with Crippen molar-refractivity contribution in [2.75, 3.05) is 5.01 Å². The van der Waals surface area contributed by atoms with Crippen molar-refractivity contribution in [3.8, 4) is 12.3 Å². The molecular weight excluding hydrogens is 371 g/mol. The van der Waals surface area contributed by atoms with Gasteiger partial charge in [0.2, 0.25) is 5.06 Å². The van der Waals surface area contributed by atoms with Crippen molar-refractivity contribution in [3.05, 3.63) is 30.1 Å². The standard InChI is InChI=1S/C15H14BrFN2O2S/c1-3-10(2)21-15(11-8-9-11)19(16)18(14(20)22-15)13-7-5-4-6-12(13)17/h1,4-7,10-11H,8-9H2,2H3. The zero-order valence-corrected chi connectivity index (χ0v) is 14.2. The van der Waals surface area contributed by atoms with E-state index in [-0.39, 0.29) is 16.8 Å². The smallest absolute Gasteiger partial charge is 0.305 e. The number of rotatable bonds is 4. The van der Waals surface area contributed by atoms with Crippen molar-refractivity contribution in [1.82, 2.24) is 4.03 Å². The molecule has 2 fully saturated rings. The number of carbonyl (C=O) groups is 1. The lowest BCUT2D eigenvalue weighted by Gasteiger charge is -2.35. The van der Waals surface area contributed by atoms with Crippen LogP contribution in [0.2, 0.25) is 0 Å². The Balaban J connectivity index is 1.97. The number of nitrogens with zero attached hydrogens (tertiary/aromatic N) is 2. The number of hydrazine groups is 1. The summed E-state index contributed by atoms with van der Waals surface area (Å²) >= 11 is 4.42. The molecule has 1 saturated carbocycles. The second kappa shape index (κ2) is 5.85. The van der Waals surface area contributed by atoms with E-state index in [1.165, 1.54) is 15.1 Å². The van der Waals surface area contributed by atoms with Crippen LogP contribution in [0.15, 0.2) is 24.3 Å². The van der Waals surface area contributed by atoms with E-state index in [9.17, 15) is 9.18 Å². The first-order valence-corrected chi connectivity index (χ1v) is 8.39. The molecule has 1 heterocycles. The van der Waals surface area contributed by atoms with Gasteiger partial charge in [-0.3, -0.25) is 4.79 Å². The Morgan fingerprint density at radius 1 is 1.55 bits per heavy atom. The van der Waals surface area contributed by atoms with Gasteiger partial charge < -0.3 is 4.74 Å². The minimum absolute atomic E-state index is 0.161. The summed E-state index contributed by atoms with van der Waals surface area (Å²) in [5, 5.41) is 0.00489. The molecule has 0 spiro atoms. The Labute approximate surface area is 141 Å².